The van der Waals surface area contributed by atoms with E-state index in [1.54, 1.807) is 21.3 Å². The first kappa shape index (κ1) is 17.0. The van der Waals surface area contributed by atoms with Crippen LogP contribution in [0, 0.1) is 0 Å². The molecule has 1 aliphatic carbocycles. The van der Waals surface area contributed by atoms with E-state index in [1.807, 2.05) is 6.07 Å². The molecule has 0 aromatic heterocycles. The second-order valence-corrected chi connectivity index (χ2v) is 6.15. The third-order valence-corrected chi connectivity index (χ3v) is 5.07. The zero-order valence-electron chi connectivity index (χ0n) is 14.3. The number of benzene rings is 1. The largest absolute Gasteiger partial charge is 0.496 e. The fourth-order valence-electron chi connectivity index (χ4n) is 3.68. The third kappa shape index (κ3) is 2.92. The fourth-order valence-corrected chi connectivity index (χ4v) is 3.68. The van der Waals surface area contributed by atoms with Crippen molar-refractivity contribution in [2.75, 3.05) is 27.9 Å². The Morgan fingerprint density at radius 2 is 2.00 bits per heavy atom. The first-order valence-corrected chi connectivity index (χ1v) is 7.95. The van der Waals surface area contributed by atoms with Crippen molar-refractivity contribution in [2.24, 2.45) is 0 Å². The van der Waals surface area contributed by atoms with Gasteiger partial charge in [-0.3, -0.25) is 0 Å². The van der Waals surface area contributed by atoms with E-state index in [-0.39, 0.29) is 11.5 Å². The number of hydrogen-bond donors (Lipinski definition) is 0. The Kier molecular flexibility index (Phi) is 5.65. The van der Waals surface area contributed by atoms with Crippen LogP contribution >= 0.6 is 0 Å². The van der Waals surface area contributed by atoms with Crippen molar-refractivity contribution in [2.45, 2.75) is 44.1 Å². The molecule has 22 heavy (non-hydrogen) atoms. The minimum atomic E-state index is -0.176. The lowest BCUT2D eigenvalue weighted by Gasteiger charge is -2.43. The molecule has 122 valence electrons. The molecule has 0 heterocycles. The lowest BCUT2D eigenvalue weighted by atomic mass is 9.64. The predicted octanol–water partition coefficient (Wildman–Crippen LogP) is 3.90. The fraction of sp³-hybridized carbons (Fsp3) is 0.579. The molecule has 2 rings (SSSR count). The number of fused-ring (bicyclic) bond motifs is 1. The van der Waals surface area contributed by atoms with E-state index >= 15 is 0 Å². The van der Waals surface area contributed by atoms with E-state index in [2.05, 4.69) is 25.6 Å². The molecule has 0 saturated carbocycles. The van der Waals surface area contributed by atoms with Gasteiger partial charge in [-0.2, -0.15) is 0 Å². The summed E-state index contributed by atoms with van der Waals surface area (Å²) >= 11 is 0. The summed E-state index contributed by atoms with van der Waals surface area (Å²) in [4.78, 5) is 0. The molecule has 1 aromatic rings. The molecule has 1 aliphatic rings. The first-order valence-electron chi connectivity index (χ1n) is 7.95. The molecule has 0 radical (unpaired) electrons. The van der Waals surface area contributed by atoms with Gasteiger partial charge in [0.15, 0.2) is 0 Å². The van der Waals surface area contributed by atoms with E-state index < -0.39 is 0 Å². The van der Waals surface area contributed by atoms with Gasteiger partial charge in [0.2, 0.25) is 0 Å². The SMILES string of the molecule is C=C1CCc2c(OC)cccc2[C@@]1(C)[C@H](CCCOC)OC. The summed E-state index contributed by atoms with van der Waals surface area (Å²) in [6, 6.07) is 6.31. The second-order valence-electron chi connectivity index (χ2n) is 6.15. The quantitative estimate of drug-likeness (QED) is 0.565. The smallest absolute Gasteiger partial charge is 0.122 e. The van der Waals surface area contributed by atoms with Gasteiger partial charge >= 0.3 is 0 Å². The predicted molar refractivity (Wildman–Crippen MR) is 89.7 cm³/mol. The molecule has 0 aliphatic heterocycles. The Bertz CT molecular complexity index is 523. The highest BCUT2D eigenvalue weighted by atomic mass is 16.5. The molecule has 2 atom stereocenters. The minimum Gasteiger partial charge on any atom is -0.496 e. The Balaban J connectivity index is 2.41. The van der Waals surface area contributed by atoms with E-state index in [0.717, 1.165) is 38.0 Å². The molecular formula is C19H28O3. The third-order valence-electron chi connectivity index (χ3n) is 5.07. The van der Waals surface area contributed by atoms with Crippen molar-refractivity contribution in [1.29, 1.82) is 0 Å². The van der Waals surface area contributed by atoms with Crippen LogP contribution < -0.4 is 4.74 Å². The maximum Gasteiger partial charge on any atom is 0.122 e. The van der Waals surface area contributed by atoms with Crippen molar-refractivity contribution in [3.63, 3.8) is 0 Å². The monoisotopic (exact) mass is 304 g/mol. The average Bonchev–Trinajstić information content (AvgIpc) is 2.54. The Morgan fingerprint density at radius 1 is 1.23 bits per heavy atom. The van der Waals surface area contributed by atoms with Crippen molar-refractivity contribution >= 4 is 0 Å². The molecule has 0 fully saturated rings. The summed E-state index contributed by atoms with van der Waals surface area (Å²) < 4.78 is 16.6. The molecule has 0 bridgehead atoms. The van der Waals surface area contributed by atoms with Crippen LogP contribution in [0.2, 0.25) is 0 Å². The number of ether oxygens (including phenoxy) is 3. The maximum atomic E-state index is 5.88. The summed E-state index contributed by atoms with van der Waals surface area (Å²) in [5.74, 6) is 0.975. The van der Waals surface area contributed by atoms with Gasteiger partial charge in [0.1, 0.15) is 5.75 Å². The molecule has 0 N–H and O–H groups in total. The van der Waals surface area contributed by atoms with Gasteiger partial charge in [-0.05, 0) is 49.8 Å². The van der Waals surface area contributed by atoms with Gasteiger partial charge in [0.05, 0.1) is 13.2 Å². The van der Waals surface area contributed by atoms with Crippen LogP contribution in [-0.4, -0.2) is 34.0 Å². The molecule has 0 unspecified atom stereocenters. The van der Waals surface area contributed by atoms with Crippen molar-refractivity contribution < 1.29 is 14.2 Å². The van der Waals surface area contributed by atoms with Gasteiger partial charge < -0.3 is 14.2 Å². The molecular weight excluding hydrogens is 276 g/mol. The van der Waals surface area contributed by atoms with Crippen molar-refractivity contribution in [1.82, 2.24) is 0 Å². The summed E-state index contributed by atoms with van der Waals surface area (Å²) in [7, 11) is 5.27. The lowest BCUT2D eigenvalue weighted by Crippen LogP contribution is -2.42. The molecule has 3 heteroatoms. The van der Waals surface area contributed by atoms with Gasteiger partial charge in [0.25, 0.3) is 0 Å². The van der Waals surface area contributed by atoms with Gasteiger partial charge in [-0.25, -0.2) is 0 Å². The van der Waals surface area contributed by atoms with Crippen LogP contribution in [0.1, 0.15) is 37.3 Å². The highest BCUT2D eigenvalue weighted by Gasteiger charge is 2.42. The molecule has 1 aromatic carbocycles. The second kappa shape index (κ2) is 7.30. The first-order chi connectivity index (χ1) is 10.6. The van der Waals surface area contributed by atoms with Crippen LogP contribution in [0.3, 0.4) is 0 Å². The van der Waals surface area contributed by atoms with Crippen molar-refractivity contribution in [3.05, 3.63) is 41.5 Å². The summed E-state index contributed by atoms with van der Waals surface area (Å²) in [6.07, 6.45) is 4.01. The summed E-state index contributed by atoms with van der Waals surface area (Å²) in [5, 5.41) is 0. The summed E-state index contributed by atoms with van der Waals surface area (Å²) in [6.45, 7) is 7.38. The lowest BCUT2D eigenvalue weighted by molar-refractivity contribution is 0.0356. The molecule has 0 spiro atoms. The minimum absolute atomic E-state index is 0.0984. The highest BCUT2D eigenvalue weighted by molar-refractivity contribution is 5.51. The normalized spacial score (nSPS) is 22.3. The zero-order valence-corrected chi connectivity index (χ0v) is 14.3. The zero-order chi connectivity index (χ0) is 16.2. The van der Waals surface area contributed by atoms with Gasteiger partial charge in [-0.15, -0.1) is 0 Å². The number of rotatable bonds is 7. The van der Waals surface area contributed by atoms with E-state index in [9.17, 15) is 0 Å². The van der Waals surface area contributed by atoms with Crippen LogP contribution in [0.15, 0.2) is 30.4 Å². The molecule has 0 saturated heterocycles. The van der Waals surface area contributed by atoms with Crippen LogP contribution in [0.4, 0.5) is 0 Å². The Labute approximate surface area is 134 Å². The van der Waals surface area contributed by atoms with E-state index in [4.69, 9.17) is 14.2 Å². The highest BCUT2D eigenvalue weighted by Crippen LogP contribution is 2.47. The van der Waals surface area contributed by atoms with E-state index in [0.29, 0.717) is 0 Å². The Morgan fingerprint density at radius 3 is 2.64 bits per heavy atom. The molecule has 0 amide bonds. The number of hydrogen-bond acceptors (Lipinski definition) is 3. The van der Waals surface area contributed by atoms with Gasteiger partial charge in [-0.1, -0.05) is 24.3 Å². The van der Waals surface area contributed by atoms with E-state index in [1.165, 1.54) is 16.7 Å². The summed E-state index contributed by atoms with van der Waals surface area (Å²) in [5.41, 5.74) is 3.67. The van der Waals surface area contributed by atoms with Crippen LogP contribution in [0.25, 0.3) is 0 Å². The Hall–Kier alpha value is -1.32. The van der Waals surface area contributed by atoms with Crippen molar-refractivity contribution in [3.8, 4) is 5.75 Å². The maximum absolute atomic E-state index is 5.88. The number of methoxy groups -OCH3 is 3. The van der Waals surface area contributed by atoms with Crippen LogP contribution in [-0.2, 0) is 21.3 Å². The average molecular weight is 304 g/mol. The molecule has 3 nitrogen and oxygen atoms in total. The topological polar surface area (TPSA) is 27.7 Å². The van der Waals surface area contributed by atoms with Crippen LogP contribution in [0.5, 0.6) is 5.75 Å². The standard InChI is InChI=1S/C19H28O3/c1-14-11-12-15-16(8-6-9-17(15)21-4)19(14,2)18(22-5)10-7-13-20-3/h6,8-9,18H,1,7,10-13H2,2-5H3/t18-,19-/m0/s1. The van der Waals surface area contributed by atoms with Gasteiger partial charge in [0, 0.05) is 26.2 Å².